The van der Waals surface area contributed by atoms with Gasteiger partial charge in [-0.3, -0.25) is 0 Å². The molecule has 180 valence electrons. The van der Waals surface area contributed by atoms with Crippen LogP contribution in [-0.4, -0.2) is 8.07 Å². The van der Waals surface area contributed by atoms with Crippen LogP contribution in [0.1, 0.15) is 82.3 Å². The fraction of sp³-hybridized carbons (Fsp3) is 0.353. The van der Waals surface area contributed by atoms with Crippen LogP contribution in [0.5, 0.6) is 0 Å². The summed E-state index contributed by atoms with van der Waals surface area (Å²) in [7, 11) is -1.84. The number of benzene rings is 3. The number of aryl methyl sites for hydroxylation is 4. The molecule has 0 radical (unpaired) electrons. The van der Waals surface area contributed by atoms with Crippen LogP contribution >= 0.6 is 0 Å². The molecular formula is C34H40Si. The highest BCUT2D eigenvalue weighted by atomic mass is 28.3. The van der Waals surface area contributed by atoms with Gasteiger partial charge in [-0.25, -0.2) is 0 Å². The van der Waals surface area contributed by atoms with Crippen molar-refractivity contribution in [3.8, 4) is 0 Å². The quantitative estimate of drug-likeness (QED) is 0.235. The van der Waals surface area contributed by atoms with E-state index in [9.17, 15) is 0 Å². The van der Waals surface area contributed by atoms with Gasteiger partial charge in [0.25, 0.3) is 0 Å². The Hall–Kier alpha value is -2.64. The third-order valence-electron chi connectivity index (χ3n) is 8.86. The maximum atomic E-state index is 2.73. The van der Waals surface area contributed by atoms with Gasteiger partial charge in [-0.2, -0.15) is 0 Å². The SMILES string of the molecule is CC1=Cc2c(C)cccc2C1[Si](C)(CCCCc1ccc(C)cc1)C1C(C)=Cc2c(C)cccc21. The molecule has 3 aromatic rings. The van der Waals surface area contributed by atoms with E-state index in [1.807, 2.05) is 0 Å². The van der Waals surface area contributed by atoms with Crippen LogP contribution in [0.4, 0.5) is 0 Å². The second-order valence-corrected chi connectivity index (χ2v) is 16.2. The first kappa shape index (κ1) is 24.1. The molecule has 2 atom stereocenters. The molecule has 5 rings (SSSR count). The Bertz CT molecular complexity index is 1230. The second-order valence-electron chi connectivity index (χ2n) is 11.5. The minimum absolute atomic E-state index is 0.594. The smallest absolute Gasteiger partial charge is 0.0679 e. The third-order valence-corrected chi connectivity index (χ3v) is 14.5. The Morgan fingerprint density at radius 1 is 0.629 bits per heavy atom. The molecule has 0 aromatic heterocycles. The van der Waals surface area contributed by atoms with E-state index >= 15 is 0 Å². The van der Waals surface area contributed by atoms with E-state index in [0.29, 0.717) is 11.1 Å². The predicted molar refractivity (Wildman–Crippen MR) is 156 cm³/mol. The van der Waals surface area contributed by atoms with Crippen LogP contribution in [0.25, 0.3) is 12.2 Å². The number of allylic oxidation sites excluding steroid dienone is 2. The van der Waals surface area contributed by atoms with Gasteiger partial charge in [0.2, 0.25) is 0 Å². The van der Waals surface area contributed by atoms with E-state index in [1.54, 1.807) is 22.3 Å². The molecule has 3 aromatic carbocycles. The van der Waals surface area contributed by atoms with E-state index in [4.69, 9.17) is 0 Å². The second kappa shape index (κ2) is 9.43. The van der Waals surface area contributed by atoms with Crippen molar-refractivity contribution in [2.45, 2.75) is 77.6 Å². The molecule has 2 aliphatic carbocycles. The van der Waals surface area contributed by atoms with Crippen molar-refractivity contribution in [3.63, 3.8) is 0 Å². The largest absolute Gasteiger partial charge is 0.0751 e. The first-order valence-electron chi connectivity index (χ1n) is 13.4. The average Bonchev–Trinajstić information content (AvgIpc) is 3.36. The number of hydrogen-bond acceptors (Lipinski definition) is 0. The van der Waals surface area contributed by atoms with E-state index in [0.717, 1.165) is 0 Å². The topological polar surface area (TPSA) is 0 Å². The summed E-state index contributed by atoms with van der Waals surface area (Å²) in [5.41, 5.74) is 16.3. The summed E-state index contributed by atoms with van der Waals surface area (Å²) in [5, 5.41) is 0. The van der Waals surface area contributed by atoms with Crippen LogP contribution in [0.2, 0.25) is 12.6 Å². The molecule has 0 nitrogen and oxygen atoms in total. The average molecular weight is 477 g/mol. The molecule has 0 spiro atoms. The summed E-state index contributed by atoms with van der Waals surface area (Å²) in [6.45, 7) is 14.3. The van der Waals surface area contributed by atoms with Gasteiger partial charge in [-0.05, 0) is 86.4 Å². The Morgan fingerprint density at radius 3 is 1.66 bits per heavy atom. The van der Waals surface area contributed by atoms with Crippen molar-refractivity contribution in [1.82, 2.24) is 0 Å². The number of fused-ring (bicyclic) bond motifs is 2. The minimum Gasteiger partial charge on any atom is -0.0679 e. The molecule has 2 unspecified atom stereocenters. The number of rotatable bonds is 7. The van der Waals surface area contributed by atoms with Crippen LogP contribution in [0.15, 0.2) is 71.8 Å². The zero-order valence-corrected chi connectivity index (χ0v) is 23.4. The van der Waals surface area contributed by atoms with Crippen LogP contribution in [0, 0.1) is 20.8 Å². The first-order chi connectivity index (χ1) is 16.8. The van der Waals surface area contributed by atoms with Crippen molar-refractivity contribution < 1.29 is 0 Å². The molecule has 0 bridgehead atoms. The van der Waals surface area contributed by atoms with Gasteiger partial charge in [-0.1, -0.05) is 109 Å². The van der Waals surface area contributed by atoms with Gasteiger partial charge >= 0.3 is 0 Å². The monoisotopic (exact) mass is 476 g/mol. The Labute approximate surface area is 213 Å². The van der Waals surface area contributed by atoms with E-state index in [2.05, 4.69) is 114 Å². The maximum Gasteiger partial charge on any atom is 0.0751 e. The predicted octanol–water partition coefficient (Wildman–Crippen LogP) is 9.49. The first-order valence-corrected chi connectivity index (χ1v) is 16.3. The molecule has 1 heteroatoms. The molecule has 0 saturated carbocycles. The van der Waals surface area contributed by atoms with Gasteiger partial charge in [0.05, 0.1) is 8.07 Å². The third kappa shape index (κ3) is 4.29. The summed E-state index contributed by atoms with van der Waals surface area (Å²) in [5.74, 6) is 0. The standard InChI is InChI=1S/C34H40Si/c1-23-16-18-28(19-17-23)13-7-8-20-35(6,33-26(4)21-31-24(2)11-9-14-29(31)33)34-27(5)22-32-25(3)12-10-15-30(32)34/h9-12,14-19,21-22,33-34H,7-8,13,20H2,1-6H3. The molecular weight excluding hydrogens is 436 g/mol. The minimum atomic E-state index is -1.84. The maximum absolute atomic E-state index is 2.73. The summed E-state index contributed by atoms with van der Waals surface area (Å²) in [4.78, 5) is 0. The molecule has 0 fully saturated rings. The lowest BCUT2D eigenvalue weighted by Crippen LogP contribution is -2.45. The highest BCUT2D eigenvalue weighted by molar-refractivity contribution is 6.83. The molecule has 0 N–H and O–H groups in total. The van der Waals surface area contributed by atoms with Gasteiger partial charge < -0.3 is 0 Å². The summed E-state index contributed by atoms with van der Waals surface area (Å²) in [6.07, 6.45) is 8.80. The van der Waals surface area contributed by atoms with Gasteiger partial charge in [0.15, 0.2) is 0 Å². The van der Waals surface area contributed by atoms with Crippen molar-refractivity contribution in [2.75, 3.05) is 0 Å². The molecule has 0 amide bonds. The Morgan fingerprint density at radius 2 is 1.14 bits per heavy atom. The molecule has 35 heavy (non-hydrogen) atoms. The molecule has 0 saturated heterocycles. The highest BCUT2D eigenvalue weighted by Crippen LogP contribution is 2.54. The van der Waals surface area contributed by atoms with Crippen molar-refractivity contribution in [3.05, 3.63) is 116 Å². The van der Waals surface area contributed by atoms with Gasteiger partial charge in [-0.15, -0.1) is 0 Å². The summed E-state index contributed by atoms with van der Waals surface area (Å²) in [6, 6.07) is 24.5. The zero-order chi connectivity index (χ0) is 24.7. The summed E-state index contributed by atoms with van der Waals surface area (Å²) >= 11 is 0. The van der Waals surface area contributed by atoms with Gasteiger partial charge in [0, 0.05) is 11.1 Å². The Kier molecular flexibility index (Phi) is 6.48. The number of hydrogen-bond donors (Lipinski definition) is 0. The van der Waals surface area contributed by atoms with Crippen LogP contribution in [-0.2, 0) is 6.42 Å². The van der Waals surface area contributed by atoms with E-state index < -0.39 is 8.07 Å². The van der Waals surface area contributed by atoms with Gasteiger partial charge in [0.1, 0.15) is 0 Å². The normalized spacial score (nSPS) is 20.2. The zero-order valence-electron chi connectivity index (χ0n) is 22.4. The molecule has 2 aliphatic rings. The fourth-order valence-electron chi connectivity index (χ4n) is 7.21. The fourth-order valence-corrected chi connectivity index (χ4v) is 13.3. The number of unbranched alkanes of at least 4 members (excludes halogenated alkanes) is 1. The van der Waals surface area contributed by atoms with Crippen molar-refractivity contribution in [2.24, 2.45) is 0 Å². The van der Waals surface area contributed by atoms with Crippen molar-refractivity contribution >= 4 is 20.2 Å². The summed E-state index contributed by atoms with van der Waals surface area (Å²) < 4.78 is 0. The van der Waals surface area contributed by atoms with E-state index in [-0.39, 0.29) is 0 Å². The lowest BCUT2D eigenvalue weighted by Gasteiger charge is -2.42. The Balaban J connectivity index is 1.50. The lowest BCUT2D eigenvalue weighted by molar-refractivity contribution is 0.766. The van der Waals surface area contributed by atoms with E-state index in [1.165, 1.54) is 58.7 Å². The van der Waals surface area contributed by atoms with Crippen molar-refractivity contribution in [1.29, 1.82) is 0 Å². The lowest BCUT2D eigenvalue weighted by atomic mass is 10.0. The van der Waals surface area contributed by atoms with Crippen LogP contribution in [0.3, 0.4) is 0 Å². The molecule has 0 aliphatic heterocycles. The molecule has 0 heterocycles. The highest BCUT2D eigenvalue weighted by Gasteiger charge is 2.49. The van der Waals surface area contributed by atoms with Crippen LogP contribution < -0.4 is 0 Å².